The molecule has 0 aliphatic heterocycles. The molecular formula is C44H26O3Si. The van der Waals surface area contributed by atoms with Crippen LogP contribution in [0.25, 0.3) is 86.2 Å². The van der Waals surface area contributed by atoms with Crippen molar-refractivity contribution in [1.82, 2.24) is 0 Å². The maximum Gasteiger partial charge on any atom is 0.778 e. The van der Waals surface area contributed by atoms with Crippen LogP contribution in [-0.2, 0) is 4.46 Å². The summed E-state index contributed by atoms with van der Waals surface area (Å²) in [5, 5.41) is 17.9. The number of hydrogen-bond acceptors (Lipinski definition) is 3. The van der Waals surface area contributed by atoms with Gasteiger partial charge < -0.3 is 8.85 Å². The minimum Gasteiger partial charge on any atom is -0.458 e. The van der Waals surface area contributed by atoms with Gasteiger partial charge in [-0.3, -0.25) is 4.46 Å². The summed E-state index contributed by atoms with van der Waals surface area (Å²) >= 11 is 0. The fourth-order valence-electron chi connectivity index (χ4n) is 7.37. The first-order chi connectivity index (χ1) is 23.6. The normalized spacial score (nSPS) is 11.8. The lowest BCUT2D eigenvalue weighted by molar-refractivity contribution is 0.349. The molecule has 10 aromatic rings. The highest BCUT2D eigenvalue weighted by molar-refractivity contribution is 6.30. The van der Waals surface area contributed by atoms with E-state index in [-0.39, 0.29) is 0 Å². The smallest absolute Gasteiger partial charge is 0.458 e. The van der Waals surface area contributed by atoms with E-state index in [0.717, 1.165) is 43.1 Å². The molecule has 3 nitrogen and oxygen atoms in total. The fraction of sp³-hybridized carbons (Fsp3) is 0. The highest BCUT2D eigenvalue weighted by atomic mass is 28.3. The van der Waals surface area contributed by atoms with Gasteiger partial charge in [-0.25, -0.2) is 0 Å². The molecule has 0 spiro atoms. The van der Waals surface area contributed by atoms with Gasteiger partial charge >= 0.3 is 9.17 Å². The molecule has 0 aliphatic carbocycles. The summed E-state index contributed by atoms with van der Waals surface area (Å²) in [6.07, 6.45) is 0. The highest BCUT2D eigenvalue weighted by Gasteiger charge is 2.19. The van der Waals surface area contributed by atoms with Gasteiger partial charge in [-0.05, 0) is 136 Å². The van der Waals surface area contributed by atoms with E-state index in [4.69, 9.17) is 8.85 Å². The minimum absolute atomic E-state index is 0.541. The molecule has 0 radical (unpaired) electrons. The number of benzene rings is 10. The van der Waals surface area contributed by atoms with E-state index >= 15 is 0 Å². The van der Waals surface area contributed by atoms with Crippen LogP contribution < -0.4 is 8.85 Å². The van der Waals surface area contributed by atoms with Crippen LogP contribution in [-0.4, -0.2) is 9.17 Å². The minimum atomic E-state index is -2.97. The van der Waals surface area contributed by atoms with E-state index in [0.29, 0.717) is 11.5 Å². The molecule has 224 valence electrons. The molecule has 0 saturated carbocycles. The van der Waals surface area contributed by atoms with Crippen molar-refractivity contribution in [2.24, 2.45) is 0 Å². The molecular weight excluding hydrogens is 605 g/mol. The van der Waals surface area contributed by atoms with Gasteiger partial charge in [0.15, 0.2) is 0 Å². The van der Waals surface area contributed by atoms with Crippen LogP contribution in [0.4, 0.5) is 0 Å². The van der Waals surface area contributed by atoms with E-state index in [1.165, 1.54) is 43.1 Å². The van der Waals surface area contributed by atoms with Crippen LogP contribution in [0.5, 0.6) is 11.5 Å². The van der Waals surface area contributed by atoms with E-state index < -0.39 is 9.17 Å². The largest absolute Gasteiger partial charge is 0.778 e. The average molecular weight is 631 g/mol. The van der Waals surface area contributed by atoms with Gasteiger partial charge in [0.05, 0.1) is 0 Å². The standard InChI is InChI=1S/C44H26O3Si/c45-48(46-43-13-5-11-31-21-35-17-15-33-19-27-7-1-3-9-29(27)23-37(33)39(35)25-41(31)43)47-44-14-6-12-32-22-36-18-16-34-20-28-8-2-4-10-30(28)24-38(34)40(36)26-42(32)44/h1-26H. The molecule has 10 aromatic carbocycles. The molecule has 0 amide bonds. The van der Waals surface area contributed by atoms with Crippen LogP contribution in [0, 0.1) is 0 Å². The third-order valence-electron chi connectivity index (χ3n) is 9.71. The Balaban J connectivity index is 1.05. The lowest BCUT2D eigenvalue weighted by Crippen LogP contribution is -2.19. The molecule has 0 unspecified atom stereocenters. The van der Waals surface area contributed by atoms with Gasteiger partial charge in [0.25, 0.3) is 0 Å². The van der Waals surface area contributed by atoms with Crippen LogP contribution >= 0.6 is 0 Å². The van der Waals surface area contributed by atoms with E-state index in [2.05, 4.69) is 133 Å². The maximum absolute atomic E-state index is 13.7. The Hall–Kier alpha value is -6.10. The molecule has 0 saturated heterocycles. The Morgan fingerprint density at radius 2 is 0.604 bits per heavy atom. The number of hydrogen-bond donors (Lipinski definition) is 0. The fourth-order valence-corrected chi connectivity index (χ4v) is 8.12. The van der Waals surface area contributed by atoms with Crippen molar-refractivity contribution in [1.29, 1.82) is 0 Å². The highest BCUT2D eigenvalue weighted by Crippen LogP contribution is 2.37. The Bertz CT molecular complexity index is 2780. The zero-order valence-corrected chi connectivity index (χ0v) is 26.7. The summed E-state index contributed by atoms with van der Waals surface area (Å²) < 4.78 is 25.9. The molecule has 0 fully saturated rings. The number of rotatable bonds is 4. The van der Waals surface area contributed by atoms with Crippen LogP contribution in [0.15, 0.2) is 158 Å². The van der Waals surface area contributed by atoms with Crippen molar-refractivity contribution in [3.63, 3.8) is 0 Å². The Morgan fingerprint density at radius 1 is 0.292 bits per heavy atom. The monoisotopic (exact) mass is 630 g/mol. The van der Waals surface area contributed by atoms with Crippen molar-refractivity contribution in [3.8, 4) is 11.5 Å². The lowest BCUT2D eigenvalue weighted by atomic mass is 9.96. The molecule has 0 bridgehead atoms. The second-order valence-corrected chi connectivity index (χ2v) is 13.4. The van der Waals surface area contributed by atoms with Crippen molar-refractivity contribution < 1.29 is 13.3 Å². The first kappa shape index (κ1) is 27.1. The van der Waals surface area contributed by atoms with Crippen LogP contribution in [0.1, 0.15) is 0 Å². The molecule has 0 aromatic heterocycles. The third kappa shape index (κ3) is 4.34. The van der Waals surface area contributed by atoms with E-state index in [1.807, 2.05) is 24.3 Å². The quantitative estimate of drug-likeness (QED) is 0.110. The maximum atomic E-state index is 13.7. The summed E-state index contributed by atoms with van der Waals surface area (Å²) in [6.45, 7) is 0. The first-order valence-corrected chi connectivity index (χ1v) is 17.3. The van der Waals surface area contributed by atoms with Gasteiger partial charge in [-0.15, -0.1) is 0 Å². The summed E-state index contributed by atoms with van der Waals surface area (Å²) in [6, 6.07) is 54.9. The van der Waals surface area contributed by atoms with Crippen molar-refractivity contribution >= 4 is 95.3 Å². The molecule has 0 heterocycles. The van der Waals surface area contributed by atoms with Gasteiger partial charge in [-0.1, -0.05) is 97.1 Å². The van der Waals surface area contributed by atoms with E-state index in [9.17, 15) is 4.46 Å². The first-order valence-electron chi connectivity index (χ1n) is 16.1. The Morgan fingerprint density at radius 3 is 1.02 bits per heavy atom. The van der Waals surface area contributed by atoms with Crippen molar-refractivity contribution in [2.45, 2.75) is 0 Å². The van der Waals surface area contributed by atoms with E-state index in [1.54, 1.807) is 0 Å². The van der Waals surface area contributed by atoms with Crippen molar-refractivity contribution in [3.05, 3.63) is 158 Å². The third-order valence-corrected chi connectivity index (χ3v) is 10.5. The second kappa shape index (κ2) is 10.5. The summed E-state index contributed by atoms with van der Waals surface area (Å²) in [4.78, 5) is 0. The molecule has 0 N–H and O–H groups in total. The Kier molecular flexibility index (Phi) is 5.89. The average Bonchev–Trinajstić information content (AvgIpc) is 3.12. The zero-order valence-electron chi connectivity index (χ0n) is 25.7. The SMILES string of the molecule is O=[Si](Oc1cccc2cc3ccc4cc5ccccc5cc4c3cc12)Oc1cccc2cc3ccc4cc5ccccc5cc4c3cc12. The molecule has 10 rings (SSSR count). The molecule has 0 atom stereocenters. The summed E-state index contributed by atoms with van der Waals surface area (Å²) in [5.41, 5.74) is 0. The zero-order chi connectivity index (χ0) is 31.8. The van der Waals surface area contributed by atoms with Gasteiger partial charge in [0.2, 0.25) is 0 Å². The lowest BCUT2D eigenvalue weighted by Gasteiger charge is -2.13. The molecule has 4 heteroatoms. The van der Waals surface area contributed by atoms with Gasteiger partial charge in [0, 0.05) is 10.8 Å². The van der Waals surface area contributed by atoms with Gasteiger partial charge in [0.1, 0.15) is 11.5 Å². The molecule has 48 heavy (non-hydrogen) atoms. The molecule has 0 aliphatic rings. The predicted octanol–water partition coefficient (Wildman–Crippen LogP) is 11.8. The topological polar surface area (TPSA) is 35.5 Å². The predicted molar refractivity (Wildman–Crippen MR) is 201 cm³/mol. The summed E-state index contributed by atoms with van der Waals surface area (Å²) in [5.74, 6) is 1.08. The Labute approximate surface area is 277 Å². The summed E-state index contributed by atoms with van der Waals surface area (Å²) in [7, 11) is -2.97. The van der Waals surface area contributed by atoms with Crippen LogP contribution in [0.3, 0.4) is 0 Å². The number of fused-ring (bicyclic) bond motifs is 10. The van der Waals surface area contributed by atoms with Crippen LogP contribution in [0.2, 0.25) is 0 Å². The van der Waals surface area contributed by atoms with Gasteiger partial charge in [-0.2, -0.15) is 0 Å². The second-order valence-electron chi connectivity index (χ2n) is 12.5. The van der Waals surface area contributed by atoms with Crippen molar-refractivity contribution in [2.75, 3.05) is 0 Å².